The molecule has 1 heterocycles. The van der Waals surface area contributed by atoms with E-state index in [0.29, 0.717) is 12.1 Å². The van der Waals surface area contributed by atoms with Crippen molar-refractivity contribution in [3.63, 3.8) is 0 Å². The van der Waals surface area contributed by atoms with Crippen LogP contribution < -0.4 is 5.32 Å². The number of nitrogens with one attached hydrogen (secondary N) is 1. The Morgan fingerprint density at radius 1 is 1.42 bits per heavy atom. The Hall–Kier alpha value is -1.88. The van der Waals surface area contributed by atoms with Gasteiger partial charge < -0.3 is 14.8 Å². The molecule has 0 bridgehead atoms. The summed E-state index contributed by atoms with van der Waals surface area (Å²) in [6, 6.07) is 5.60. The molecule has 5 heteroatoms. The van der Waals surface area contributed by atoms with E-state index in [-0.39, 0.29) is 5.91 Å². The van der Waals surface area contributed by atoms with Crippen molar-refractivity contribution >= 4 is 16.9 Å². The molecule has 1 N–H and O–H groups in total. The quantitative estimate of drug-likeness (QED) is 0.823. The van der Waals surface area contributed by atoms with E-state index < -0.39 is 0 Å². The van der Waals surface area contributed by atoms with E-state index in [4.69, 9.17) is 0 Å². The monoisotopic (exact) mass is 260 g/mol. The summed E-state index contributed by atoms with van der Waals surface area (Å²) in [5, 5.41) is 2.93. The molecule has 0 fully saturated rings. The summed E-state index contributed by atoms with van der Waals surface area (Å²) >= 11 is 0. The number of carbonyl (C=O) groups excluding carboxylic acids is 1. The lowest BCUT2D eigenvalue weighted by Crippen LogP contribution is -2.27. The molecular weight excluding hydrogens is 240 g/mol. The van der Waals surface area contributed by atoms with Crippen LogP contribution in [0.1, 0.15) is 16.8 Å². The van der Waals surface area contributed by atoms with Crippen LogP contribution in [0.3, 0.4) is 0 Å². The van der Waals surface area contributed by atoms with Crippen molar-refractivity contribution in [1.82, 2.24) is 19.8 Å². The zero-order chi connectivity index (χ0) is 13.8. The number of benzene rings is 1. The second kappa shape index (κ2) is 5.84. The number of hydrogen-bond acceptors (Lipinski definition) is 3. The summed E-state index contributed by atoms with van der Waals surface area (Å²) in [6.45, 7) is 1.66. The summed E-state index contributed by atoms with van der Waals surface area (Å²) in [5.41, 5.74) is 2.55. The fourth-order valence-corrected chi connectivity index (χ4v) is 1.98. The molecule has 0 saturated carbocycles. The minimum Gasteiger partial charge on any atom is -0.352 e. The van der Waals surface area contributed by atoms with Gasteiger partial charge in [-0.15, -0.1) is 0 Å². The maximum absolute atomic E-state index is 12.0. The van der Waals surface area contributed by atoms with E-state index >= 15 is 0 Å². The molecule has 1 aromatic heterocycles. The highest BCUT2D eigenvalue weighted by atomic mass is 16.1. The van der Waals surface area contributed by atoms with Crippen LogP contribution >= 0.6 is 0 Å². The number of nitrogens with zero attached hydrogens (tertiary/aromatic N) is 3. The predicted octanol–water partition coefficient (Wildman–Crippen LogP) is 1.25. The zero-order valence-electron chi connectivity index (χ0n) is 11.7. The maximum atomic E-state index is 12.0. The van der Waals surface area contributed by atoms with Gasteiger partial charge in [0.2, 0.25) is 0 Å². The van der Waals surface area contributed by atoms with Gasteiger partial charge in [-0.3, -0.25) is 4.79 Å². The first-order valence-electron chi connectivity index (χ1n) is 6.42. The molecule has 0 radical (unpaired) electrons. The van der Waals surface area contributed by atoms with Crippen LogP contribution in [0.4, 0.5) is 0 Å². The zero-order valence-corrected chi connectivity index (χ0v) is 11.7. The number of carbonyl (C=O) groups is 1. The number of aromatic nitrogens is 2. The van der Waals surface area contributed by atoms with Gasteiger partial charge in [0, 0.05) is 19.2 Å². The second-order valence-corrected chi connectivity index (χ2v) is 4.97. The average molecular weight is 260 g/mol. The highest BCUT2D eigenvalue weighted by Gasteiger charge is 2.07. The van der Waals surface area contributed by atoms with Crippen LogP contribution in [0.5, 0.6) is 0 Å². The molecule has 0 aliphatic carbocycles. The molecule has 5 nitrogen and oxygen atoms in total. The Bertz CT molecular complexity index is 574. The standard InChI is InChI=1S/C14H20N4O/c1-17(2)8-4-7-15-14(19)11-5-6-13-12(9-11)16-10-18(13)3/h5-6,9-10H,4,7-8H2,1-3H3,(H,15,19). The number of aryl methyl sites for hydroxylation is 1. The molecule has 2 rings (SSSR count). The van der Waals surface area contributed by atoms with Crippen molar-refractivity contribution in [3.05, 3.63) is 30.1 Å². The summed E-state index contributed by atoms with van der Waals surface area (Å²) in [4.78, 5) is 18.3. The minimum atomic E-state index is -0.0358. The summed E-state index contributed by atoms with van der Waals surface area (Å²) < 4.78 is 1.94. The van der Waals surface area contributed by atoms with Gasteiger partial charge in [-0.25, -0.2) is 4.98 Å². The molecule has 19 heavy (non-hydrogen) atoms. The number of fused-ring (bicyclic) bond motifs is 1. The largest absolute Gasteiger partial charge is 0.352 e. The first-order valence-corrected chi connectivity index (χ1v) is 6.42. The fourth-order valence-electron chi connectivity index (χ4n) is 1.98. The van der Waals surface area contributed by atoms with Gasteiger partial charge in [-0.05, 0) is 45.3 Å². The Balaban J connectivity index is 1.97. The molecule has 102 valence electrons. The van der Waals surface area contributed by atoms with Gasteiger partial charge in [0.15, 0.2) is 0 Å². The second-order valence-electron chi connectivity index (χ2n) is 4.97. The van der Waals surface area contributed by atoms with Crippen LogP contribution in [0.2, 0.25) is 0 Å². The summed E-state index contributed by atoms with van der Waals surface area (Å²) in [6.07, 6.45) is 2.70. The van der Waals surface area contributed by atoms with Crippen LogP contribution in [-0.2, 0) is 7.05 Å². The lowest BCUT2D eigenvalue weighted by atomic mass is 10.2. The normalized spacial score (nSPS) is 11.2. The van der Waals surface area contributed by atoms with Crippen molar-refractivity contribution < 1.29 is 4.79 Å². The number of rotatable bonds is 5. The molecule has 0 aliphatic rings. The van der Waals surface area contributed by atoms with Gasteiger partial charge in [0.1, 0.15) is 0 Å². The maximum Gasteiger partial charge on any atom is 0.251 e. The van der Waals surface area contributed by atoms with Gasteiger partial charge in [-0.2, -0.15) is 0 Å². The van der Waals surface area contributed by atoms with Crippen molar-refractivity contribution in [1.29, 1.82) is 0 Å². The van der Waals surface area contributed by atoms with E-state index in [1.54, 1.807) is 6.33 Å². The Kier molecular flexibility index (Phi) is 4.16. The van der Waals surface area contributed by atoms with Crippen LogP contribution in [0.15, 0.2) is 24.5 Å². The third kappa shape index (κ3) is 3.32. The Labute approximate surface area is 113 Å². The summed E-state index contributed by atoms with van der Waals surface area (Å²) in [7, 11) is 5.99. The van der Waals surface area contributed by atoms with Crippen molar-refractivity contribution in [2.45, 2.75) is 6.42 Å². The third-order valence-electron chi connectivity index (χ3n) is 3.06. The van der Waals surface area contributed by atoms with Gasteiger partial charge in [0.25, 0.3) is 5.91 Å². The van der Waals surface area contributed by atoms with Crippen LogP contribution in [0, 0.1) is 0 Å². The number of hydrogen-bond donors (Lipinski definition) is 1. The van der Waals surface area contributed by atoms with E-state index in [1.807, 2.05) is 43.9 Å². The fraction of sp³-hybridized carbons (Fsp3) is 0.429. The van der Waals surface area contributed by atoms with E-state index in [1.165, 1.54) is 0 Å². The first-order chi connectivity index (χ1) is 9.08. The molecular formula is C14H20N4O. The Morgan fingerprint density at radius 2 is 2.21 bits per heavy atom. The molecule has 0 aliphatic heterocycles. The number of imidazole rings is 1. The molecule has 0 unspecified atom stereocenters. The van der Waals surface area contributed by atoms with E-state index in [0.717, 1.165) is 24.0 Å². The van der Waals surface area contributed by atoms with Gasteiger partial charge >= 0.3 is 0 Å². The van der Waals surface area contributed by atoms with Crippen molar-refractivity contribution in [2.75, 3.05) is 27.2 Å². The topological polar surface area (TPSA) is 50.2 Å². The van der Waals surface area contributed by atoms with Gasteiger partial charge in [0.05, 0.1) is 17.4 Å². The molecule has 0 saturated heterocycles. The van der Waals surface area contributed by atoms with Crippen LogP contribution in [0.25, 0.3) is 11.0 Å². The lowest BCUT2D eigenvalue weighted by molar-refractivity contribution is 0.0952. The highest BCUT2D eigenvalue weighted by molar-refractivity contribution is 5.97. The van der Waals surface area contributed by atoms with E-state index in [9.17, 15) is 4.79 Å². The molecule has 2 aromatic rings. The lowest BCUT2D eigenvalue weighted by Gasteiger charge is -2.09. The van der Waals surface area contributed by atoms with Crippen molar-refractivity contribution in [3.8, 4) is 0 Å². The highest BCUT2D eigenvalue weighted by Crippen LogP contribution is 2.13. The molecule has 1 aromatic carbocycles. The SMILES string of the molecule is CN(C)CCCNC(=O)c1ccc2c(c1)ncn2C. The van der Waals surface area contributed by atoms with Crippen molar-refractivity contribution in [2.24, 2.45) is 7.05 Å². The summed E-state index contributed by atoms with van der Waals surface area (Å²) in [5.74, 6) is -0.0358. The first kappa shape index (κ1) is 13.5. The third-order valence-corrected chi connectivity index (χ3v) is 3.06. The number of amides is 1. The molecule has 0 atom stereocenters. The van der Waals surface area contributed by atoms with E-state index in [2.05, 4.69) is 15.2 Å². The minimum absolute atomic E-state index is 0.0358. The van der Waals surface area contributed by atoms with Gasteiger partial charge in [-0.1, -0.05) is 0 Å². The molecule has 1 amide bonds. The smallest absolute Gasteiger partial charge is 0.251 e. The molecule has 0 spiro atoms. The average Bonchev–Trinajstić information content (AvgIpc) is 2.75. The predicted molar refractivity (Wildman–Crippen MR) is 76.2 cm³/mol. The van der Waals surface area contributed by atoms with Crippen LogP contribution in [-0.4, -0.2) is 47.5 Å². The Morgan fingerprint density at radius 3 is 2.95 bits per heavy atom.